The summed E-state index contributed by atoms with van der Waals surface area (Å²) in [4.78, 5) is 21.8. The van der Waals surface area contributed by atoms with Gasteiger partial charge in [-0.05, 0) is 29.3 Å². The molecule has 8 heteroatoms. The molecule has 0 radical (unpaired) electrons. The molecule has 0 amide bonds. The van der Waals surface area contributed by atoms with E-state index in [0.717, 1.165) is 11.6 Å². The number of carbonyl (C=O) groups is 1. The zero-order valence-electron chi connectivity index (χ0n) is 11.0. The summed E-state index contributed by atoms with van der Waals surface area (Å²) in [7, 11) is 1.59. The molecule has 1 heterocycles. The number of benzene rings is 1. The first-order valence-electron chi connectivity index (χ1n) is 5.91. The van der Waals surface area contributed by atoms with Gasteiger partial charge in [0.15, 0.2) is 5.16 Å². The van der Waals surface area contributed by atoms with Gasteiger partial charge in [0.2, 0.25) is 0 Å². The van der Waals surface area contributed by atoms with Gasteiger partial charge in [0.25, 0.3) is 0 Å². The molecule has 110 valence electrons. The minimum absolute atomic E-state index is 0.317. The molecule has 2 aromatic rings. The number of H-pyrrole nitrogens is 1. The first-order valence-corrected chi connectivity index (χ1v) is 6.89. The van der Waals surface area contributed by atoms with Crippen LogP contribution in [0.5, 0.6) is 0 Å². The largest absolute Gasteiger partial charge is 0.478 e. The number of nitrogens with zero attached hydrogens (tertiary/aromatic N) is 2. The molecule has 21 heavy (non-hydrogen) atoms. The van der Waals surface area contributed by atoms with Crippen molar-refractivity contribution in [2.24, 2.45) is 7.05 Å². The summed E-state index contributed by atoms with van der Waals surface area (Å²) in [6.07, 6.45) is 2.29. The predicted octanol–water partition coefficient (Wildman–Crippen LogP) is 1.64. The standard InChI is InChI=1S/C13H12FN3O3S/c1-17-12(20)15-16-13(17)21-7-9-2-4-10(14)6-8(9)3-5-11(18)19/h2-6H,7H2,1H3,(H,15,20)(H,18,19). The lowest BCUT2D eigenvalue weighted by molar-refractivity contribution is -0.131. The van der Waals surface area contributed by atoms with Crippen LogP contribution in [-0.2, 0) is 17.6 Å². The summed E-state index contributed by atoms with van der Waals surface area (Å²) in [5.74, 6) is -1.12. The molecule has 0 saturated carbocycles. The number of carboxylic acids is 1. The van der Waals surface area contributed by atoms with Gasteiger partial charge in [0.1, 0.15) is 5.82 Å². The van der Waals surface area contributed by atoms with Crippen molar-refractivity contribution in [3.05, 3.63) is 51.7 Å². The third kappa shape index (κ3) is 3.82. The van der Waals surface area contributed by atoms with E-state index >= 15 is 0 Å². The Labute approximate surface area is 123 Å². The Balaban J connectivity index is 2.21. The van der Waals surface area contributed by atoms with Gasteiger partial charge in [-0.1, -0.05) is 17.8 Å². The highest BCUT2D eigenvalue weighted by Crippen LogP contribution is 2.23. The number of thioether (sulfide) groups is 1. The van der Waals surface area contributed by atoms with E-state index in [1.165, 1.54) is 34.5 Å². The number of hydrogen-bond donors (Lipinski definition) is 2. The molecule has 2 rings (SSSR count). The van der Waals surface area contributed by atoms with Crippen LogP contribution in [0.4, 0.5) is 4.39 Å². The lowest BCUT2D eigenvalue weighted by atomic mass is 10.1. The first-order chi connectivity index (χ1) is 9.97. The molecule has 0 spiro atoms. The molecule has 0 fully saturated rings. The Morgan fingerprint density at radius 1 is 1.57 bits per heavy atom. The van der Waals surface area contributed by atoms with Gasteiger partial charge < -0.3 is 5.11 Å². The molecule has 0 saturated heterocycles. The maximum atomic E-state index is 13.3. The van der Waals surface area contributed by atoms with E-state index in [-0.39, 0.29) is 5.69 Å². The van der Waals surface area contributed by atoms with Gasteiger partial charge in [0, 0.05) is 18.9 Å². The summed E-state index contributed by atoms with van der Waals surface area (Å²) in [6, 6.07) is 4.14. The maximum Gasteiger partial charge on any atom is 0.343 e. The van der Waals surface area contributed by atoms with Gasteiger partial charge in [-0.3, -0.25) is 4.57 Å². The normalized spacial score (nSPS) is 11.1. The molecule has 0 aliphatic rings. The summed E-state index contributed by atoms with van der Waals surface area (Å²) in [5, 5.41) is 15.3. The van der Waals surface area contributed by atoms with Crippen molar-refractivity contribution < 1.29 is 14.3 Å². The maximum absolute atomic E-state index is 13.3. The lowest BCUT2D eigenvalue weighted by Crippen LogP contribution is -2.12. The zero-order valence-corrected chi connectivity index (χ0v) is 11.9. The zero-order chi connectivity index (χ0) is 15.4. The molecule has 0 aliphatic carbocycles. The third-order valence-electron chi connectivity index (χ3n) is 2.71. The molecule has 0 aliphatic heterocycles. The molecule has 0 unspecified atom stereocenters. The Kier molecular flexibility index (Phi) is 4.59. The lowest BCUT2D eigenvalue weighted by Gasteiger charge is -2.05. The molecule has 0 bridgehead atoms. The highest BCUT2D eigenvalue weighted by atomic mass is 32.2. The van der Waals surface area contributed by atoms with Crippen LogP contribution < -0.4 is 5.69 Å². The van der Waals surface area contributed by atoms with Gasteiger partial charge in [-0.15, -0.1) is 5.10 Å². The Morgan fingerprint density at radius 2 is 2.33 bits per heavy atom. The smallest absolute Gasteiger partial charge is 0.343 e. The number of rotatable bonds is 5. The minimum Gasteiger partial charge on any atom is -0.478 e. The van der Waals surface area contributed by atoms with Crippen LogP contribution in [-0.4, -0.2) is 25.8 Å². The van der Waals surface area contributed by atoms with E-state index in [2.05, 4.69) is 10.2 Å². The second-order valence-corrected chi connectivity index (χ2v) is 5.12. The second-order valence-electron chi connectivity index (χ2n) is 4.17. The van der Waals surface area contributed by atoms with E-state index in [0.29, 0.717) is 16.5 Å². The fourth-order valence-corrected chi connectivity index (χ4v) is 2.55. The summed E-state index contributed by atoms with van der Waals surface area (Å²) in [5.41, 5.74) is 0.905. The molecule has 6 nitrogen and oxygen atoms in total. The van der Waals surface area contributed by atoms with Crippen molar-refractivity contribution in [2.75, 3.05) is 0 Å². The molecular formula is C13H12FN3O3S. The van der Waals surface area contributed by atoms with Crippen LogP contribution in [0.15, 0.2) is 34.2 Å². The van der Waals surface area contributed by atoms with Crippen LogP contribution in [0.2, 0.25) is 0 Å². The molecule has 1 aromatic heterocycles. The van der Waals surface area contributed by atoms with E-state index in [9.17, 15) is 14.0 Å². The molecule has 0 atom stereocenters. The Bertz CT molecular complexity index is 751. The summed E-state index contributed by atoms with van der Waals surface area (Å²) < 4.78 is 14.6. The third-order valence-corrected chi connectivity index (χ3v) is 3.79. The number of hydrogen-bond acceptors (Lipinski definition) is 4. The van der Waals surface area contributed by atoms with Gasteiger partial charge in [-0.25, -0.2) is 19.1 Å². The predicted molar refractivity (Wildman–Crippen MR) is 76.5 cm³/mol. The Morgan fingerprint density at radius 3 is 2.95 bits per heavy atom. The SMILES string of the molecule is Cn1c(SCc2ccc(F)cc2C=CC(=O)O)n[nH]c1=O. The fourth-order valence-electron chi connectivity index (χ4n) is 1.62. The number of carboxylic acid groups (broad SMARTS) is 1. The first kappa shape index (κ1) is 15.0. The van der Waals surface area contributed by atoms with Crippen LogP contribution in [0.25, 0.3) is 6.08 Å². The van der Waals surface area contributed by atoms with E-state index in [4.69, 9.17) is 5.11 Å². The number of aliphatic carboxylic acids is 1. The number of halogens is 1. The quantitative estimate of drug-likeness (QED) is 0.647. The highest BCUT2D eigenvalue weighted by molar-refractivity contribution is 7.98. The summed E-state index contributed by atoms with van der Waals surface area (Å²) in [6.45, 7) is 0. The van der Waals surface area contributed by atoms with Crippen molar-refractivity contribution in [1.29, 1.82) is 0 Å². The van der Waals surface area contributed by atoms with E-state index in [1.54, 1.807) is 13.1 Å². The number of aromatic amines is 1. The monoisotopic (exact) mass is 309 g/mol. The number of nitrogens with one attached hydrogen (secondary N) is 1. The van der Waals surface area contributed by atoms with Crippen molar-refractivity contribution in [3.63, 3.8) is 0 Å². The average Bonchev–Trinajstić information content (AvgIpc) is 2.75. The summed E-state index contributed by atoms with van der Waals surface area (Å²) >= 11 is 1.29. The molecule has 2 N–H and O–H groups in total. The minimum atomic E-state index is -1.10. The van der Waals surface area contributed by atoms with Gasteiger partial charge in [-0.2, -0.15) is 0 Å². The van der Waals surface area contributed by atoms with Crippen LogP contribution >= 0.6 is 11.8 Å². The Hall–Kier alpha value is -2.35. The van der Waals surface area contributed by atoms with Crippen molar-refractivity contribution in [1.82, 2.24) is 14.8 Å². The van der Waals surface area contributed by atoms with Crippen molar-refractivity contribution in [3.8, 4) is 0 Å². The van der Waals surface area contributed by atoms with Crippen molar-refractivity contribution in [2.45, 2.75) is 10.9 Å². The second kappa shape index (κ2) is 6.40. The highest BCUT2D eigenvalue weighted by Gasteiger charge is 2.08. The average molecular weight is 309 g/mol. The van der Waals surface area contributed by atoms with Crippen LogP contribution in [0.3, 0.4) is 0 Å². The van der Waals surface area contributed by atoms with Gasteiger partial charge >= 0.3 is 11.7 Å². The van der Waals surface area contributed by atoms with E-state index in [1.807, 2.05) is 0 Å². The van der Waals surface area contributed by atoms with Crippen LogP contribution in [0, 0.1) is 5.82 Å². The number of aromatic nitrogens is 3. The fraction of sp³-hybridized carbons (Fsp3) is 0.154. The van der Waals surface area contributed by atoms with Crippen LogP contribution in [0.1, 0.15) is 11.1 Å². The molecule has 1 aromatic carbocycles. The van der Waals surface area contributed by atoms with E-state index < -0.39 is 11.8 Å². The van der Waals surface area contributed by atoms with Gasteiger partial charge in [0.05, 0.1) is 0 Å². The molecular weight excluding hydrogens is 297 g/mol. The topological polar surface area (TPSA) is 88.0 Å². The van der Waals surface area contributed by atoms with Crippen molar-refractivity contribution >= 4 is 23.8 Å².